The molecule has 7 heteroatoms. The lowest BCUT2D eigenvalue weighted by atomic mass is 9.83. The van der Waals surface area contributed by atoms with Gasteiger partial charge in [0, 0.05) is 12.5 Å². The van der Waals surface area contributed by atoms with Crippen molar-refractivity contribution in [3.63, 3.8) is 0 Å². The lowest BCUT2D eigenvalue weighted by molar-refractivity contribution is -0.166. The summed E-state index contributed by atoms with van der Waals surface area (Å²) >= 11 is 0. The summed E-state index contributed by atoms with van der Waals surface area (Å²) in [7, 11) is 0. The Kier molecular flexibility index (Phi) is 5.22. The van der Waals surface area contributed by atoms with Gasteiger partial charge in [0.15, 0.2) is 0 Å². The Morgan fingerprint density at radius 2 is 2.04 bits per heavy atom. The minimum atomic E-state index is -0.974. The maximum absolute atomic E-state index is 13.0. The smallest absolute Gasteiger partial charge is 0.225 e. The molecule has 2 aliphatic rings. The van der Waals surface area contributed by atoms with Crippen LogP contribution in [0.2, 0.25) is 0 Å². The summed E-state index contributed by atoms with van der Waals surface area (Å²) in [5.74, 6) is -0.199. The van der Waals surface area contributed by atoms with Gasteiger partial charge in [0.1, 0.15) is 23.8 Å². The van der Waals surface area contributed by atoms with E-state index in [1.165, 1.54) is 24.3 Å². The van der Waals surface area contributed by atoms with Crippen LogP contribution in [0.25, 0.3) is 0 Å². The number of carbonyl (C=O) groups excluding carboxylic acids is 2. The maximum atomic E-state index is 13.0. The quantitative estimate of drug-likeness (QED) is 0.842. The van der Waals surface area contributed by atoms with E-state index in [0.717, 1.165) is 19.3 Å². The molecular formula is C18H23FN2O4. The third-order valence-corrected chi connectivity index (χ3v) is 4.83. The second-order valence-electron chi connectivity index (χ2n) is 6.80. The molecular weight excluding hydrogens is 327 g/mol. The van der Waals surface area contributed by atoms with Crippen LogP contribution in [0, 0.1) is 11.7 Å². The number of morpholine rings is 1. The third kappa shape index (κ3) is 4.28. The molecule has 1 atom stereocenters. The van der Waals surface area contributed by atoms with E-state index in [2.05, 4.69) is 0 Å². The van der Waals surface area contributed by atoms with E-state index in [1.807, 2.05) is 0 Å². The summed E-state index contributed by atoms with van der Waals surface area (Å²) in [6, 6.07) is 5.61. The van der Waals surface area contributed by atoms with Crippen molar-refractivity contribution in [2.45, 2.75) is 31.3 Å². The first-order valence-electron chi connectivity index (χ1n) is 8.57. The topological polar surface area (TPSA) is 81.9 Å². The van der Waals surface area contributed by atoms with E-state index in [1.54, 1.807) is 4.90 Å². The number of halogens is 1. The van der Waals surface area contributed by atoms with Gasteiger partial charge >= 0.3 is 0 Å². The molecule has 1 aliphatic carbocycles. The summed E-state index contributed by atoms with van der Waals surface area (Å²) < 4.78 is 24.5. The highest BCUT2D eigenvalue weighted by atomic mass is 19.1. The number of ether oxygens (including phenoxy) is 2. The molecule has 25 heavy (non-hydrogen) atoms. The largest absolute Gasteiger partial charge is 0.490 e. The third-order valence-electron chi connectivity index (χ3n) is 4.83. The van der Waals surface area contributed by atoms with Crippen molar-refractivity contribution in [2.24, 2.45) is 11.7 Å². The molecule has 1 aliphatic heterocycles. The van der Waals surface area contributed by atoms with Gasteiger partial charge in [0.05, 0.1) is 19.6 Å². The number of hydrogen-bond acceptors (Lipinski definition) is 4. The molecule has 2 N–H and O–H groups in total. The number of primary amides is 1. The summed E-state index contributed by atoms with van der Waals surface area (Å²) in [6.45, 7) is 1.17. The first kappa shape index (κ1) is 17.7. The fraction of sp³-hybridized carbons (Fsp3) is 0.556. The van der Waals surface area contributed by atoms with Crippen LogP contribution >= 0.6 is 0 Å². The van der Waals surface area contributed by atoms with Gasteiger partial charge in [-0.2, -0.15) is 0 Å². The molecule has 2 fully saturated rings. The monoisotopic (exact) mass is 350 g/mol. The van der Waals surface area contributed by atoms with Crippen LogP contribution in [0.15, 0.2) is 24.3 Å². The van der Waals surface area contributed by atoms with Gasteiger partial charge in [0.2, 0.25) is 11.8 Å². The number of amides is 2. The molecule has 0 radical (unpaired) electrons. The van der Waals surface area contributed by atoms with Crippen LogP contribution < -0.4 is 10.5 Å². The molecule has 0 aromatic heterocycles. The molecule has 1 aromatic rings. The van der Waals surface area contributed by atoms with Crippen LogP contribution in [0.5, 0.6) is 5.75 Å². The number of hydrogen-bond donors (Lipinski definition) is 1. The molecule has 0 spiro atoms. The van der Waals surface area contributed by atoms with Crippen LogP contribution in [-0.2, 0) is 14.3 Å². The van der Waals surface area contributed by atoms with Crippen molar-refractivity contribution >= 4 is 11.8 Å². The molecule has 1 heterocycles. The number of rotatable bonds is 6. The van der Waals surface area contributed by atoms with Gasteiger partial charge < -0.3 is 20.1 Å². The number of nitrogens with two attached hydrogens (primary N) is 1. The van der Waals surface area contributed by atoms with Crippen LogP contribution in [-0.4, -0.2) is 48.6 Å². The average molecular weight is 350 g/mol. The maximum Gasteiger partial charge on any atom is 0.225 e. The van der Waals surface area contributed by atoms with Crippen LogP contribution in [0.3, 0.4) is 0 Å². The molecule has 1 unspecified atom stereocenters. The van der Waals surface area contributed by atoms with E-state index in [-0.39, 0.29) is 37.2 Å². The lowest BCUT2D eigenvalue weighted by Crippen LogP contribution is -2.59. The number of carbonyl (C=O) groups is 2. The minimum absolute atomic E-state index is 0.0390. The molecule has 3 rings (SSSR count). The van der Waals surface area contributed by atoms with Crippen molar-refractivity contribution in [3.8, 4) is 5.75 Å². The zero-order chi connectivity index (χ0) is 17.9. The zero-order valence-corrected chi connectivity index (χ0v) is 14.1. The van der Waals surface area contributed by atoms with Crippen molar-refractivity contribution in [3.05, 3.63) is 30.1 Å². The Hall–Kier alpha value is -2.15. The SMILES string of the molecule is NC(=O)CC1(COc2ccc(F)cc2)CN(C(=O)C2CCC2)CCO1. The number of benzene rings is 1. The van der Waals surface area contributed by atoms with Gasteiger partial charge in [0.25, 0.3) is 0 Å². The van der Waals surface area contributed by atoms with E-state index in [9.17, 15) is 14.0 Å². The first-order chi connectivity index (χ1) is 12.0. The van der Waals surface area contributed by atoms with Gasteiger partial charge in [-0.05, 0) is 37.1 Å². The summed E-state index contributed by atoms with van der Waals surface area (Å²) in [5, 5.41) is 0. The predicted octanol–water partition coefficient (Wildman–Crippen LogP) is 1.48. The molecule has 0 bridgehead atoms. The lowest BCUT2D eigenvalue weighted by Gasteiger charge is -2.43. The standard InChI is InChI=1S/C18H23FN2O4/c19-14-4-6-15(7-5-14)24-12-18(10-16(20)22)11-21(8-9-25-18)17(23)13-2-1-3-13/h4-7,13H,1-3,8-12H2,(H2,20,22). The highest BCUT2D eigenvalue weighted by molar-refractivity contribution is 5.80. The van der Waals surface area contributed by atoms with E-state index >= 15 is 0 Å². The fourth-order valence-corrected chi connectivity index (χ4v) is 3.25. The summed E-state index contributed by atoms with van der Waals surface area (Å²) in [4.78, 5) is 25.8. The van der Waals surface area contributed by atoms with Gasteiger partial charge in [-0.15, -0.1) is 0 Å². The van der Waals surface area contributed by atoms with E-state index in [4.69, 9.17) is 15.2 Å². The Balaban J connectivity index is 1.69. The average Bonchev–Trinajstić information content (AvgIpc) is 2.52. The summed E-state index contributed by atoms with van der Waals surface area (Å²) in [6.07, 6.45) is 2.89. The minimum Gasteiger partial charge on any atom is -0.490 e. The molecule has 6 nitrogen and oxygen atoms in total. The van der Waals surface area contributed by atoms with Gasteiger partial charge in [-0.3, -0.25) is 9.59 Å². The highest BCUT2D eigenvalue weighted by Crippen LogP contribution is 2.31. The first-order valence-corrected chi connectivity index (χ1v) is 8.57. The number of nitrogens with zero attached hydrogens (tertiary/aromatic N) is 1. The molecule has 1 saturated carbocycles. The van der Waals surface area contributed by atoms with Crippen molar-refractivity contribution in [1.82, 2.24) is 4.90 Å². The van der Waals surface area contributed by atoms with E-state index < -0.39 is 11.5 Å². The second-order valence-corrected chi connectivity index (χ2v) is 6.80. The zero-order valence-electron chi connectivity index (χ0n) is 14.1. The van der Waals surface area contributed by atoms with Crippen molar-refractivity contribution < 1.29 is 23.5 Å². The van der Waals surface area contributed by atoms with Crippen LogP contribution in [0.4, 0.5) is 4.39 Å². The Morgan fingerprint density at radius 1 is 1.32 bits per heavy atom. The predicted molar refractivity (Wildman–Crippen MR) is 88.3 cm³/mol. The van der Waals surface area contributed by atoms with Gasteiger partial charge in [-0.25, -0.2) is 4.39 Å². The van der Waals surface area contributed by atoms with Crippen molar-refractivity contribution in [2.75, 3.05) is 26.3 Å². The molecule has 1 aromatic carbocycles. The molecule has 2 amide bonds. The Morgan fingerprint density at radius 3 is 2.64 bits per heavy atom. The van der Waals surface area contributed by atoms with E-state index in [0.29, 0.717) is 18.9 Å². The van der Waals surface area contributed by atoms with Crippen LogP contribution in [0.1, 0.15) is 25.7 Å². The molecule has 1 saturated heterocycles. The second kappa shape index (κ2) is 7.39. The Bertz CT molecular complexity index is 632. The van der Waals surface area contributed by atoms with Crippen molar-refractivity contribution in [1.29, 1.82) is 0 Å². The normalized spacial score (nSPS) is 23.8. The highest BCUT2D eigenvalue weighted by Gasteiger charge is 2.42. The summed E-state index contributed by atoms with van der Waals surface area (Å²) in [5.41, 5.74) is 4.41. The molecule has 136 valence electrons. The Labute approximate surface area is 146 Å². The fourth-order valence-electron chi connectivity index (χ4n) is 3.25. The van der Waals surface area contributed by atoms with Gasteiger partial charge in [-0.1, -0.05) is 6.42 Å².